The Morgan fingerprint density at radius 2 is 1.78 bits per heavy atom. The number of aliphatic hydroxyl groups excluding tert-OH is 2. The number of hydrogen-bond acceptors (Lipinski definition) is 7. The molecule has 0 radical (unpaired) electrons. The molecule has 2 aromatic rings. The molecule has 3 N–H and O–H groups in total. The van der Waals surface area contributed by atoms with Crippen molar-refractivity contribution in [3.63, 3.8) is 0 Å². The third kappa shape index (κ3) is 5.11. The summed E-state index contributed by atoms with van der Waals surface area (Å²) in [4.78, 5) is 17.8. The van der Waals surface area contributed by atoms with Gasteiger partial charge in [-0.2, -0.15) is 0 Å². The second-order valence-electron chi connectivity index (χ2n) is 8.49. The Morgan fingerprint density at radius 1 is 1.12 bits per heavy atom. The summed E-state index contributed by atoms with van der Waals surface area (Å²) in [6.07, 6.45) is 7.74. The van der Waals surface area contributed by atoms with Crippen molar-refractivity contribution in [3.05, 3.63) is 47.0 Å². The van der Waals surface area contributed by atoms with Gasteiger partial charge in [0.25, 0.3) is 5.91 Å². The van der Waals surface area contributed by atoms with E-state index in [9.17, 15) is 23.4 Å². The van der Waals surface area contributed by atoms with E-state index in [1.807, 2.05) is 6.08 Å². The highest BCUT2D eigenvalue weighted by molar-refractivity contribution is 7.92. The van der Waals surface area contributed by atoms with Gasteiger partial charge < -0.3 is 10.2 Å². The standard InChI is InChI=1S/C23H28N2O5S2/c26-12-17(13-27)21-14-31-23(24-21)25-22(28)20(11-15-3-1-2-4-15)16-5-7-18(8-6-16)32(29,30)19-9-10-19/h5-8,11,14-15,17,19,26-27H,1-4,9-10,12-13H2,(H,24,25,28). The highest BCUT2D eigenvalue weighted by Gasteiger charge is 2.36. The van der Waals surface area contributed by atoms with Crippen LogP contribution in [-0.4, -0.2) is 48.0 Å². The molecule has 32 heavy (non-hydrogen) atoms. The number of carbonyl (C=O) groups is 1. The minimum absolute atomic E-state index is 0.226. The summed E-state index contributed by atoms with van der Waals surface area (Å²) in [7, 11) is -3.28. The molecule has 2 aliphatic rings. The van der Waals surface area contributed by atoms with Crippen LogP contribution < -0.4 is 5.32 Å². The van der Waals surface area contributed by atoms with Crippen molar-refractivity contribution in [2.45, 2.75) is 54.6 Å². The number of rotatable bonds is 9. The van der Waals surface area contributed by atoms with Gasteiger partial charge in [0.05, 0.1) is 29.1 Å². The molecule has 1 aromatic heterocycles. The van der Waals surface area contributed by atoms with Crippen LogP contribution in [0.25, 0.3) is 5.57 Å². The lowest BCUT2D eigenvalue weighted by Gasteiger charge is -2.12. The Balaban J connectivity index is 1.57. The Hall–Kier alpha value is -2.07. The van der Waals surface area contributed by atoms with E-state index in [1.165, 1.54) is 11.3 Å². The maximum absolute atomic E-state index is 13.2. The topological polar surface area (TPSA) is 117 Å². The van der Waals surface area contributed by atoms with Gasteiger partial charge >= 0.3 is 0 Å². The number of thiazole rings is 1. The van der Waals surface area contributed by atoms with Crippen molar-refractivity contribution in [1.82, 2.24) is 4.98 Å². The van der Waals surface area contributed by atoms with E-state index >= 15 is 0 Å². The molecule has 0 spiro atoms. The second-order valence-corrected chi connectivity index (χ2v) is 11.6. The van der Waals surface area contributed by atoms with E-state index in [-0.39, 0.29) is 24.4 Å². The predicted octanol–water partition coefficient (Wildman–Crippen LogP) is 3.36. The summed E-state index contributed by atoms with van der Waals surface area (Å²) < 4.78 is 25.0. The Bertz CT molecular complexity index is 1080. The van der Waals surface area contributed by atoms with Crippen molar-refractivity contribution in [2.24, 2.45) is 5.92 Å². The first-order valence-electron chi connectivity index (χ1n) is 11.0. The fourth-order valence-corrected chi connectivity index (χ4v) is 6.44. The number of aliphatic hydroxyl groups is 2. The lowest BCUT2D eigenvalue weighted by Crippen LogP contribution is -2.15. The molecule has 172 valence electrons. The molecule has 0 saturated heterocycles. The largest absolute Gasteiger partial charge is 0.396 e. The number of benzene rings is 1. The lowest BCUT2D eigenvalue weighted by molar-refractivity contribution is -0.111. The number of carbonyl (C=O) groups excluding carboxylic acids is 1. The van der Waals surface area contributed by atoms with Gasteiger partial charge in [0.2, 0.25) is 0 Å². The molecule has 0 aliphatic heterocycles. The predicted molar refractivity (Wildman–Crippen MR) is 124 cm³/mol. The van der Waals surface area contributed by atoms with Crippen molar-refractivity contribution >= 4 is 37.8 Å². The molecule has 0 unspecified atom stereocenters. The molecule has 9 heteroatoms. The molecule has 0 atom stereocenters. The first-order chi connectivity index (χ1) is 15.4. The zero-order chi connectivity index (χ0) is 22.7. The van der Waals surface area contributed by atoms with E-state index in [2.05, 4.69) is 10.3 Å². The molecule has 1 amide bonds. The minimum atomic E-state index is -3.28. The van der Waals surface area contributed by atoms with Crippen LogP contribution in [0.3, 0.4) is 0 Å². The number of amides is 1. The number of allylic oxidation sites excluding steroid dienone is 1. The fourth-order valence-electron chi connectivity index (χ4n) is 4.00. The molecular formula is C23H28N2O5S2. The van der Waals surface area contributed by atoms with Crippen LogP contribution in [0.5, 0.6) is 0 Å². The minimum Gasteiger partial charge on any atom is -0.396 e. The van der Waals surface area contributed by atoms with Gasteiger partial charge in [-0.3, -0.25) is 10.1 Å². The first-order valence-corrected chi connectivity index (χ1v) is 13.4. The molecule has 2 fully saturated rings. The lowest BCUT2D eigenvalue weighted by atomic mass is 9.98. The molecule has 1 aromatic carbocycles. The molecule has 1 heterocycles. The molecule has 0 bridgehead atoms. The summed E-state index contributed by atoms with van der Waals surface area (Å²) in [6.45, 7) is -0.451. The highest BCUT2D eigenvalue weighted by atomic mass is 32.2. The highest BCUT2D eigenvalue weighted by Crippen LogP contribution is 2.35. The zero-order valence-corrected chi connectivity index (χ0v) is 19.4. The number of aromatic nitrogens is 1. The summed E-state index contributed by atoms with van der Waals surface area (Å²) >= 11 is 1.24. The average molecular weight is 477 g/mol. The van der Waals surface area contributed by atoms with E-state index in [4.69, 9.17) is 0 Å². The number of anilines is 1. The van der Waals surface area contributed by atoms with Crippen LogP contribution >= 0.6 is 11.3 Å². The molecule has 2 aliphatic carbocycles. The summed E-state index contributed by atoms with van der Waals surface area (Å²) in [5.74, 6) is -0.475. The number of sulfone groups is 1. The monoisotopic (exact) mass is 476 g/mol. The molecule has 2 saturated carbocycles. The smallest absolute Gasteiger partial charge is 0.257 e. The number of nitrogens with zero attached hydrogens (tertiary/aromatic N) is 1. The molecule has 7 nitrogen and oxygen atoms in total. The van der Waals surface area contributed by atoms with Gasteiger partial charge in [-0.05, 0) is 49.3 Å². The molecular weight excluding hydrogens is 448 g/mol. The second kappa shape index (κ2) is 9.82. The quantitative estimate of drug-likeness (QED) is 0.478. The normalized spacial score (nSPS) is 17.8. The van der Waals surface area contributed by atoms with Crippen LogP contribution in [0.2, 0.25) is 0 Å². The van der Waals surface area contributed by atoms with Gasteiger partial charge in [-0.15, -0.1) is 11.3 Å². The van der Waals surface area contributed by atoms with Crippen LogP contribution in [0, 0.1) is 5.92 Å². The van der Waals surface area contributed by atoms with E-state index in [1.54, 1.807) is 29.6 Å². The zero-order valence-electron chi connectivity index (χ0n) is 17.7. The van der Waals surface area contributed by atoms with Crippen LogP contribution in [0.15, 0.2) is 40.6 Å². The van der Waals surface area contributed by atoms with Gasteiger partial charge in [-0.1, -0.05) is 31.1 Å². The third-order valence-corrected chi connectivity index (χ3v) is 9.16. The van der Waals surface area contributed by atoms with Crippen molar-refractivity contribution in [3.8, 4) is 0 Å². The van der Waals surface area contributed by atoms with E-state index in [0.717, 1.165) is 25.7 Å². The number of hydrogen-bond donors (Lipinski definition) is 3. The summed E-state index contributed by atoms with van der Waals surface area (Å²) in [6, 6.07) is 6.59. The third-order valence-electron chi connectivity index (χ3n) is 6.11. The van der Waals surface area contributed by atoms with Crippen LogP contribution in [0.4, 0.5) is 5.13 Å². The maximum Gasteiger partial charge on any atom is 0.257 e. The average Bonchev–Trinajstić information content (AvgIpc) is 3.36. The summed E-state index contributed by atoms with van der Waals surface area (Å²) in [5.41, 5.74) is 1.71. The van der Waals surface area contributed by atoms with E-state index in [0.29, 0.717) is 45.6 Å². The van der Waals surface area contributed by atoms with Crippen LogP contribution in [-0.2, 0) is 14.6 Å². The Labute approximate surface area is 192 Å². The van der Waals surface area contributed by atoms with Gasteiger partial charge in [0, 0.05) is 16.9 Å². The summed E-state index contributed by atoms with van der Waals surface area (Å²) in [5, 5.41) is 23.4. The van der Waals surface area contributed by atoms with Crippen molar-refractivity contribution < 1.29 is 23.4 Å². The van der Waals surface area contributed by atoms with Gasteiger partial charge in [0.1, 0.15) is 0 Å². The van der Waals surface area contributed by atoms with Crippen molar-refractivity contribution in [1.29, 1.82) is 0 Å². The fraction of sp³-hybridized carbons (Fsp3) is 0.478. The van der Waals surface area contributed by atoms with Crippen LogP contribution in [0.1, 0.15) is 55.7 Å². The number of nitrogens with one attached hydrogen (secondary N) is 1. The Morgan fingerprint density at radius 3 is 2.38 bits per heavy atom. The van der Waals surface area contributed by atoms with Crippen molar-refractivity contribution in [2.75, 3.05) is 18.5 Å². The van der Waals surface area contributed by atoms with Gasteiger partial charge in [-0.25, -0.2) is 13.4 Å². The Kier molecular flexibility index (Phi) is 7.09. The maximum atomic E-state index is 13.2. The van der Waals surface area contributed by atoms with Gasteiger partial charge in [0.15, 0.2) is 15.0 Å². The molecule has 4 rings (SSSR count). The first kappa shape index (κ1) is 23.1. The SMILES string of the molecule is O=C(Nc1nc(C(CO)CO)cs1)C(=CC1CCCC1)c1ccc(S(=O)(=O)C2CC2)cc1. The van der Waals surface area contributed by atoms with E-state index < -0.39 is 15.8 Å².